The zero-order valence-electron chi connectivity index (χ0n) is 13.8. The average molecular weight is 336 g/mol. The fraction of sp³-hybridized carbons (Fsp3) is 0.929. The van der Waals surface area contributed by atoms with E-state index in [2.05, 4.69) is 42.8 Å². The maximum atomic E-state index is 11.7. The summed E-state index contributed by atoms with van der Waals surface area (Å²) < 4.78 is 23.4. The highest BCUT2D eigenvalue weighted by Crippen LogP contribution is 2.18. The van der Waals surface area contributed by atoms with Crippen LogP contribution in [-0.4, -0.2) is 73.1 Å². The molecule has 0 unspecified atom stereocenters. The fourth-order valence-electron chi connectivity index (χ4n) is 2.95. The van der Waals surface area contributed by atoms with Crippen LogP contribution in [0.1, 0.15) is 34.1 Å². The van der Waals surface area contributed by atoms with Gasteiger partial charge in [-0.05, 0) is 46.3 Å². The molecule has 1 fully saturated rings. The predicted molar refractivity (Wildman–Crippen MR) is 92.4 cm³/mol. The third-order valence-electron chi connectivity index (χ3n) is 4.05. The second-order valence-corrected chi connectivity index (χ2v) is 8.85. The van der Waals surface area contributed by atoms with E-state index in [9.17, 15) is 8.42 Å². The Kier molecular flexibility index (Phi) is 6.87. The predicted octanol–water partition coefficient (Wildman–Crippen LogP) is 1.10. The standard InChI is InChI=1S/C14H29N3O2S2/c1-11(2)16(12(3)4)7-8-17(14(20)15-5)13-6-9-21(18,19)10-13/h11-13H,6-10H2,1-5H3,(H,15,20)/t13-/m0/s1. The SMILES string of the molecule is CNC(=S)N(CCN(C(C)C)C(C)C)[C@H]1CCS(=O)(=O)C1. The van der Waals surface area contributed by atoms with Gasteiger partial charge < -0.3 is 10.2 Å². The van der Waals surface area contributed by atoms with Gasteiger partial charge in [-0.15, -0.1) is 0 Å². The summed E-state index contributed by atoms with van der Waals surface area (Å²) in [5.41, 5.74) is 0. The lowest BCUT2D eigenvalue weighted by atomic mass is 10.2. The van der Waals surface area contributed by atoms with Gasteiger partial charge in [-0.3, -0.25) is 4.90 Å². The Labute approximate surface area is 135 Å². The lowest BCUT2D eigenvalue weighted by Crippen LogP contribution is -2.50. The highest BCUT2D eigenvalue weighted by atomic mass is 32.2. The van der Waals surface area contributed by atoms with Crippen molar-refractivity contribution < 1.29 is 8.42 Å². The Morgan fingerprint density at radius 1 is 1.24 bits per heavy atom. The molecule has 0 aromatic carbocycles. The molecule has 0 aromatic rings. The molecule has 5 nitrogen and oxygen atoms in total. The lowest BCUT2D eigenvalue weighted by Gasteiger charge is -2.36. The number of sulfone groups is 1. The first-order valence-corrected chi connectivity index (χ1v) is 9.85. The molecule has 0 saturated carbocycles. The first-order chi connectivity index (χ1) is 9.68. The molecular formula is C14H29N3O2S2. The number of nitrogens with zero attached hydrogens (tertiary/aromatic N) is 2. The van der Waals surface area contributed by atoms with Gasteiger partial charge in [-0.2, -0.15) is 0 Å². The van der Waals surface area contributed by atoms with E-state index in [1.807, 2.05) is 0 Å². The van der Waals surface area contributed by atoms with Crippen LogP contribution in [0.25, 0.3) is 0 Å². The molecule has 0 aromatic heterocycles. The van der Waals surface area contributed by atoms with E-state index >= 15 is 0 Å². The molecular weight excluding hydrogens is 306 g/mol. The van der Waals surface area contributed by atoms with Crippen LogP contribution in [0.2, 0.25) is 0 Å². The Balaban J connectivity index is 2.74. The van der Waals surface area contributed by atoms with Crippen LogP contribution in [0.3, 0.4) is 0 Å². The minimum Gasteiger partial charge on any atom is -0.366 e. The topological polar surface area (TPSA) is 52.6 Å². The van der Waals surface area contributed by atoms with Crippen molar-refractivity contribution in [1.29, 1.82) is 0 Å². The summed E-state index contributed by atoms with van der Waals surface area (Å²) >= 11 is 5.37. The summed E-state index contributed by atoms with van der Waals surface area (Å²) in [7, 11) is -1.10. The van der Waals surface area contributed by atoms with Gasteiger partial charge in [0.2, 0.25) is 0 Å². The molecule has 1 aliphatic heterocycles. The second-order valence-electron chi connectivity index (χ2n) is 6.23. The monoisotopic (exact) mass is 335 g/mol. The first-order valence-electron chi connectivity index (χ1n) is 7.62. The molecule has 0 bridgehead atoms. The average Bonchev–Trinajstić information content (AvgIpc) is 2.73. The highest BCUT2D eigenvalue weighted by Gasteiger charge is 2.33. The molecule has 1 saturated heterocycles. The van der Waals surface area contributed by atoms with Crippen molar-refractivity contribution in [1.82, 2.24) is 15.1 Å². The molecule has 0 amide bonds. The maximum Gasteiger partial charge on any atom is 0.168 e. The van der Waals surface area contributed by atoms with Gasteiger partial charge in [0.05, 0.1) is 11.5 Å². The third kappa shape index (κ3) is 5.38. The molecule has 124 valence electrons. The van der Waals surface area contributed by atoms with Crippen molar-refractivity contribution in [3.8, 4) is 0 Å². The van der Waals surface area contributed by atoms with E-state index in [4.69, 9.17) is 12.2 Å². The first kappa shape index (κ1) is 18.6. The largest absolute Gasteiger partial charge is 0.366 e. The van der Waals surface area contributed by atoms with Crippen molar-refractivity contribution in [2.24, 2.45) is 0 Å². The van der Waals surface area contributed by atoms with E-state index in [0.717, 1.165) is 13.1 Å². The molecule has 1 rings (SSSR count). The Morgan fingerprint density at radius 2 is 1.81 bits per heavy atom. The van der Waals surface area contributed by atoms with Gasteiger partial charge in [-0.1, -0.05) is 0 Å². The summed E-state index contributed by atoms with van der Waals surface area (Å²) in [6.45, 7) is 10.4. The molecule has 0 aliphatic carbocycles. The van der Waals surface area contributed by atoms with E-state index in [0.29, 0.717) is 23.6 Å². The molecule has 7 heteroatoms. The lowest BCUT2D eigenvalue weighted by molar-refractivity contribution is 0.155. The molecule has 1 heterocycles. The minimum atomic E-state index is -2.90. The van der Waals surface area contributed by atoms with Crippen molar-refractivity contribution in [2.75, 3.05) is 31.6 Å². The van der Waals surface area contributed by atoms with Gasteiger partial charge in [-0.25, -0.2) is 8.42 Å². The van der Waals surface area contributed by atoms with E-state index in [-0.39, 0.29) is 17.5 Å². The highest BCUT2D eigenvalue weighted by molar-refractivity contribution is 7.91. The number of rotatable bonds is 6. The van der Waals surface area contributed by atoms with Crippen molar-refractivity contribution >= 4 is 27.2 Å². The molecule has 21 heavy (non-hydrogen) atoms. The van der Waals surface area contributed by atoms with E-state index in [1.165, 1.54) is 0 Å². The summed E-state index contributed by atoms with van der Waals surface area (Å²) in [5.74, 6) is 0.497. The van der Waals surface area contributed by atoms with Crippen LogP contribution in [-0.2, 0) is 9.84 Å². The van der Waals surface area contributed by atoms with E-state index in [1.54, 1.807) is 7.05 Å². The Morgan fingerprint density at radius 3 is 2.19 bits per heavy atom. The minimum absolute atomic E-state index is 0.0103. The van der Waals surface area contributed by atoms with Crippen molar-refractivity contribution in [3.63, 3.8) is 0 Å². The number of hydrogen-bond acceptors (Lipinski definition) is 4. The maximum absolute atomic E-state index is 11.7. The molecule has 1 atom stereocenters. The molecule has 1 aliphatic rings. The second kappa shape index (κ2) is 7.74. The summed E-state index contributed by atoms with van der Waals surface area (Å²) in [4.78, 5) is 4.45. The smallest absolute Gasteiger partial charge is 0.168 e. The van der Waals surface area contributed by atoms with Crippen LogP contribution in [0, 0.1) is 0 Å². The molecule has 0 spiro atoms. The normalized spacial score (nSPS) is 21.2. The zero-order valence-corrected chi connectivity index (χ0v) is 15.4. The van der Waals surface area contributed by atoms with Crippen LogP contribution >= 0.6 is 12.2 Å². The van der Waals surface area contributed by atoms with Crippen LogP contribution < -0.4 is 5.32 Å². The van der Waals surface area contributed by atoms with Crippen LogP contribution in [0.5, 0.6) is 0 Å². The van der Waals surface area contributed by atoms with Gasteiger partial charge in [0.25, 0.3) is 0 Å². The number of hydrogen-bond donors (Lipinski definition) is 1. The van der Waals surface area contributed by atoms with Gasteiger partial charge in [0, 0.05) is 38.3 Å². The summed E-state index contributed by atoms with van der Waals surface area (Å²) in [5, 5.41) is 3.64. The third-order valence-corrected chi connectivity index (χ3v) is 6.24. The zero-order chi connectivity index (χ0) is 16.2. The van der Waals surface area contributed by atoms with Crippen LogP contribution in [0.4, 0.5) is 0 Å². The fourth-order valence-corrected chi connectivity index (χ4v) is 4.92. The van der Waals surface area contributed by atoms with Crippen molar-refractivity contribution in [3.05, 3.63) is 0 Å². The van der Waals surface area contributed by atoms with Gasteiger partial charge in [0.15, 0.2) is 14.9 Å². The van der Waals surface area contributed by atoms with Crippen molar-refractivity contribution in [2.45, 2.75) is 52.2 Å². The van der Waals surface area contributed by atoms with Gasteiger partial charge in [0.1, 0.15) is 0 Å². The molecule has 1 N–H and O–H groups in total. The Hall–Kier alpha value is -0.400. The molecule has 0 radical (unpaired) electrons. The Bertz CT molecular complexity index is 441. The number of nitrogens with one attached hydrogen (secondary N) is 1. The summed E-state index contributed by atoms with van der Waals surface area (Å²) in [6.07, 6.45) is 0.674. The van der Waals surface area contributed by atoms with Crippen LogP contribution in [0.15, 0.2) is 0 Å². The number of thiocarbonyl (C=S) groups is 1. The van der Waals surface area contributed by atoms with Gasteiger partial charge >= 0.3 is 0 Å². The quantitative estimate of drug-likeness (QED) is 0.734. The van der Waals surface area contributed by atoms with E-state index < -0.39 is 9.84 Å². The summed E-state index contributed by atoms with van der Waals surface area (Å²) in [6, 6.07) is 0.931.